The van der Waals surface area contributed by atoms with Gasteiger partial charge in [0, 0.05) is 69.6 Å². The van der Waals surface area contributed by atoms with Crippen molar-refractivity contribution >= 4 is 64.4 Å². The first-order chi connectivity index (χ1) is 32.7. The second-order valence-corrected chi connectivity index (χ2v) is 19.0. The number of rotatable bonds is 8. The third-order valence-corrected chi connectivity index (χ3v) is 13.1. The van der Waals surface area contributed by atoms with E-state index in [0.29, 0.717) is 57.5 Å². The van der Waals surface area contributed by atoms with E-state index in [1.165, 1.54) is 15.4 Å². The summed E-state index contributed by atoms with van der Waals surface area (Å²) in [5.41, 5.74) is -1.78. The number of carbonyl (C=O) groups is 7. The van der Waals surface area contributed by atoms with E-state index in [9.17, 15) is 51.1 Å². The average Bonchev–Trinajstić information content (AvgIpc) is 3.99. The van der Waals surface area contributed by atoms with E-state index >= 15 is 0 Å². The molecule has 3 atom stereocenters. The summed E-state index contributed by atoms with van der Waals surface area (Å²) < 4.78 is 66.0. The van der Waals surface area contributed by atoms with Gasteiger partial charge in [-0.1, -0.05) is 0 Å². The highest BCUT2D eigenvalue weighted by Crippen LogP contribution is 2.39. The fourth-order valence-corrected chi connectivity index (χ4v) is 9.75. The first-order valence-electron chi connectivity index (χ1n) is 22.8. The maximum Gasteiger partial charge on any atom is 0.437 e. The van der Waals surface area contributed by atoms with Gasteiger partial charge in [0.1, 0.15) is 29.2 Å². The van der Waals surface area contributed by atoms with Crippen LogP contribution in [0.15, 0.2) is 42.9 Å². The van der Waals surface area contributed by atoms with Gasteiger partial charge in [-0.15, -0.1) is 0 Å². The number of piperidine rings is 2. The number of carbonyl (C=O) groups excluding carboxylic acids is 7. The molecule has 20 nitrogen and oxygen atoms in total. The standard InChI is InChI=1S/C45H50F4N12O8/c1-44(2,3)69-43(68)51-26-18-25(46)21-58(22-26)34-12-13-59-37(53-34)31(20-50-59)38(63)52-32-23-60(55-36(32)45(47,48)49)27-6-4-24(5-7-27)40(65)57-16-14-56(15-17-57)28-8-9-29-30(19-28)42(67)61(41(29)66)33-10-11-35(62)54-39(33)64/h8-9,12-13,19-20,23-27,33H,4-7,10-11,14-18,21-22H2,1-3H3,(H,51,68)(H,52,63)(H,54,62,64)/t24?,25-,26-,27?,33?/m1/s1. The molecule has 0 bridgehead atoms. The Kier molecular flexibility index (Phi) is 12.3. The molecule has 5 aliphatic rings. The SMILES string of the molecule is CC(C)(C)OC(=O)N[C@@H]1C[C@@H](F)CN(c2ccn3ncc(C(=O)Nc4cn(C5CCC(C(=O)N6CCN(c7ccc8c(c7)C(=O)N(C7CCC(=O)NC7=O)C8=O)CC6)CC5)nc4C(F)(F)F)c3n2)C1. The number of hydrogen-bond acceptors (Lipinski definition) is 13. The molecular formula is C45H50F4N12O8. The van der Waals surface area contributed by atoms with Gasteiger partial charge in [0.25, 0.3) is 17.7 Å². The van der Waals surface area contributed by atoms with Gasteiger partial charge in [0.2, 0.25) is 17.7 Å². The van der Waals surface area contributed by atoms with Crippen LogP contribution in [0, 0.1) is 5.92 Å². The number of nitrogens with one attached hydrogen (secondary N) is 3. The van der Waals surface area contributed by atoms with Gasteiger partial charge in [-0.05, 0) is 77.1 Å². The quantitative estimate of drug-likeness (QED) is 0.167. The van der Waals surface area contributed by atoms with Crippen LogP contribution in [0.5, 0.6) is 0 Å². The van der Waals surface area contributed by atoms with E-state index in [0.717, 1.165) is 17.3 Å². The van der Waals surface area contributed by atoms with Crippen molar-refractivity contribution in [1.29, 1.82) is 0 Å². The lowest BCUT2D eigenvalue weighted by atomic mass is 9.85. The topological polar surface area (TPSA) is 226 Å². The van der Waals surface area contributed by atoms with Crippen LogP contribution < -0.4 is 25.8 Å². The highest BCUT2D eigenvalue weighted by atomic mass is 19.4. The number of fused-ring (bicyclic) bond motifs is 2. The minimum absolute atomic E-state index is 0.00508. The summed E-state index contributed by atoms with van der Waals surface area (Å²) >= 11 is 0. The Morgan fingerprint density at radius 3 is 2.30 bits per heavy atom. The van der Waals surface area contributed by atoms with Crippen LogP contribution in [0.25, 0.3) is 5.65 Å². The van der Waals surface area contributed by atoms with Crippen molar-refractivity contribution in [2.45, 2.75) is 102 Å². The zero-order valence-electron chi connectivity index (χ0n) is 37.9. The third-order valence-electron chi connectivity index (χ3n) is 13.1. The summed E-state index contributed by atoms with van der Waals surface area (Å²) in [6, 6.07) is 4.22. The number of benzene rings is 1. The number of alkyl halides is 4. The largest absolute Gasteiger partial charge is 0.444 e. The van der Waals surface area contributed by atoms with Gasteiger partial charge in [0.15, 0.2) is 11.3 Å². The van der Waals surface area contributed by atoms with E-state index in [-0.39, 0.29) is 72.3 Å². The molecule has 1 aromatic carbocycles. The van der Waals surface area contributed by atoms with E-state index in [1.54, 1.807) is 54.8 Å². The molecule has 1 unspecified atom stereocenters. The molecule has 3 aromatic heterocycles. The summed E-state index contributed by atoms with van der Waals surface area (Å²) in [6.07, 6.45) is -1.59. The zero-order valence-corrected chi connectivity index (χ0v) is 37.9. The Morgan fingerprint density at radius 2 is 1.61 bits per heavy atom. The molecule has 1 aliphatic carbocycles. The average molecular weight is 963 g/mol. The Balaban J connectivity index is 0.805. The van der Waals surface area contributed by atoms with Crippen LogP contribution in [0.3, 0.4) is 0 Å². The van der Waals surface area contributed by atoms with Crippen molar-refractivity contribution in [3.05, 3.63) is 65.2 Å². The van der Waals surface area contributed by atoms with Crippen LogP contribution >= 0.6 is 0 Å². The van der Waals surface area contributed by atoms with Crippen molar-refractivity contribution in [3.63, 3.8) is 0 Å². The van der Waals surface area contributed by atoms with Crippen LogP contribution in [0.2, 0.25) is 0 Å². The molecule has 4 aromatic rings. The summed E-state index contributed by atoms with van der Waals surface area (Å²) in [4.78, 5) is 101. The number of imide groups is 2. The van der Waals surface area contributed by atoms with Crippen molar-refractivity contribution < 1.29 is 55.9 Å². The smallest absolute Gasteiger partial charge is 0.437 e. The Bertz CT molecular complexity index is 2740. The molecule has 24 heteroatoms. The van der Waals surface area contributed by atoms with Crippen LogP contribution in [-0.4, -0.2) is 139 Å². The Labute approximate surface area is 391 Å². The maximum absolute atomic E-state index is 14.9. The number of amides is 7. The molecule has 0 radical (unpaired) electrons. The molecule has 1 saturated carbocycles. The maximum atomic E-state index is 14.9. The molecule has 3 saturated heterocycles. The summed E-state index contributed by atoms with van der Waals surface area (Å²) in [6.45, 7) is 6.83. The van der Waals surface area contributed by atoms with Crippen molar-refractivity contribution in [3.8, 4) is 0 Å². The highest BCUT2D eigenvalue weighted by Gasteiger charge is 2.45. The van der Waals surface area contributed by atoms with Crippen molar-refractivity contribution in [2.75, 3.05) is 54.4 Å². The lowest BCUT2D eigenvalue weighted by molar-refractivity contribution is -0.141. The number of piperazine rings is 1. The first-order valence-corrected chi connectivity index (χ1v) is 22.8. The summed E-state index contributed by atoms with van der Waals surface area (Å²) in [7, 11) is 0. The Morgan fingerprint density at radius 1 is 0.884 bits per heavy atom. The number of ether oxygens (including phenoxy) is 1. The minimum atomic E-state index is -4.93. The molecule has 366 valence electrons. The lowest BCUT2D eigenvalue weighted by Gasteiger charge is -2.39. The molecule has 7 amide bonds. The lowest BCUT2D eigenvalue weighted by Crippen LogP contribution is -2.54. The number of anilines is 3. The predicted octanol–water partition coefficient (Wildman–Crippen LogP) is 4.12. The van der Waals surface area contributed by atoms with Gasteiger partial charge in [-0.3, -0.25) is 43.7 Å². The number of halogens is 4. The molecule has 69 heavy (non-hydrogen) atoms. The predicted molar refractivity (Wildman–Crippen MR) is 236 cm³/mol. The van der Waals surface area contributed by atoms with Crippen LogP contribution in [0.1, 0.15) is 109 Å². The third kappa shape index (κ3) is 9.64. The molecule has 4 fully saturated rings. The van der Waals surface area contributed by atoms with E-state index in [2.05, 4.69) is 31.1 Å². The molecule has 9 rings (SSSR count). The van der Waals surface area contributed by atoms with E-state index in [1.807, 2.05) is 4.90 Å². The molecule has 7 heterocycles. The fraction of sp³-hybridized carbons (Fsp3) is 0.511. The van der Waals surface area contributed by atoms with Gasteiger partial charge < -0.3 is 30.1 Å². The molecule has 0 spiro atoms. The van der Waals surface area contributed by atoms with Crippen LogP contribution in [0.4, 0.5) is 39.5 Å². The van der Waals surface area contributed by atoms with Crippen molar-refractivity contribution in [2.24, 2.45) is 5.92 Å². The normalized spacial score (nSPS) is 23.6. The zero-order chi connectivity index (χ0) is 49.1. The summed E-state index contributed by atoms with van der Waals surface area (Å²) in [5, 5.41) is 15.2. The number of hydrogen-bond donors (Lipinski definition) is 3. The number of nitrogens with zero attached hydrogens (tertiary/aromatic N) is 9. The van der Waals surface area contributed by atoms with E-state index in [4.69, 9.17) is 4.74 Å². The Hall–Kier alpha value is -7.14. The number of aromatic nitrogens is 5. The van der Waals surface area contributed by atoms with Crippen molar-refractivity contribution in [1.82, 2.24) is 44.8 Å². The van der Waals surface area contributed by atoms with Gasteiger partial charge in [-0.2, -0.15) is 23.4 Å². The van der Waals surface area contributed by atoms with Gasteiger partial charge in [0.05, 0.1) is 41.6 Å². The molecule has 3 N–H and O–H groups in total. The monoisotopic (exact) mass is 962 g/mol. The fourth-order valence-electron chi connectivity index (χ4n) is 9.75. The molecular weight excluding hydrogens is 913 g/mol. The highest BCUT2D eigenvalue weighted by molar-refractivity contribution is 6.23. The minimum Gasteiger partial charge on any atom is -0.444 e. The van der Waals surface area contributed by atoms with Gasteiger partial charge >= 0.3 is 12.3 Å². The molecule has 4 aliphatic heterocycles. The second-order valence-electron chi connectivity index (χ2n) is 19.0. The van der Waals surface area contributed by atoms with Gasteiger partial charge in [-0.25, -0.2) is 18.7 Å². The first kappa shape index (κ1) is 46.9. The second kappa shape index (κ2) is 18.1. The number of alkyl carbamates (subject to hydrolysis) is 1. The summed E-state index contributed by atoms with van der Waals surface area (Å²) in [5.74, 6) is -3.49. The van der Waals surface area contributed by atoms with E-state index < -0.39 is 83.1 Å². The van der Waals surface area contributed by atoms with Crippen LogP contribution in [-0.2, 0) is 25.3 Å².